The first-order chi connectivity index (χ1) is 18.2. The van der Waals surface area contributed by atoms with Crippen molar-refractivity contribution in [1.29, 1.82) is 0 Å². The van der Waals surface area contributed by atoms with E-state index >= 15 is 0 Å². The van der Waals surface area contributed by atoms with E-state index in [-0.39, 0.29) is 25.8 Å². The molecule has 0 aromatic heterocycles. The van der Waals surface area contributed by atoms with Crippen molar-refractivity contribution >= 4 is 29.2 Å². The predicted molar refractivity (Wildman–Crippen MR) is 146 cm³/mol. The molecule has 0 aliphatic carbocycles. The standard InChI is InChI=1S/C29H31N3O6.CH4/c1-29(2,18-9-6-5-7-10-18)26(34)28(36)32-22-11-8-12-23(32)27(35)31-17-25(33)30(16-24(22)31)19-13-20(37-3)15-21(14-19)38-4;/h5-7,9-10,13-16,22-23H,8,11-12,17H2,1-4H3;1H4. The number of nitrogens with zero attached hydrogens (tertiary/aromatic N) is 3. The second-order valence-corrected chi connectivity index (χ2v) is 10.3. The molecule has 3 heterocycles. The van der Waals surface area contributed by atoms with Crippen LogP contribution in [0.4, 0.5) is 5.69 Å². The van der Waals surface area contributed by atoms with Crippen molar-refractivity contribution in [2.45, 2.75) is 58.0 Å². The normalized spacial score (nSPS) is 20.5. The third-order valence-electron chi connectivity index (χ3n) is 7.76. The number of carbonyl (C=O) groups is 4. The van der Waals surface area contributed by atoms with Crippen LogP contribution in [-0.4, -0.2) is 66.2 Å². The summed E-state index contributed by atoms with van der Waals surface area (Å²) in [5.74, 6) is -0.844. The molecular weight excluding hydrogens is 498 g/mol. The van der Waals surface area contributed by atoms with E-state index in [0.717, 1.165) is 12.0 Å². The molecule has 0 saturated carbocycles. The van der Waals surface area contributed by atoms with Crippen molar-refractivity contribution in [3.8, 4) is 11.5 Å². The van der Waals surface area contributed by atoms with Crippen molar-refractivity contribution in [2.75, 3.05) is 25.7 Å². The zero-order valence-electron chi connectivity index (χ0n) is 22.0. The van der Waals surface area contributed by atoms with Crippen molar-refractivity contribution in [3.63, 3.8) is 0 Å². The van der Waals surface area contributed by atoms with Crippen molar-refractivity contribution < 1.29 is 28.7 Å². The Balaban J connectivity index is 0.00000353. The molecule has 0 radical (unpaired) electrons. The summed E-state index contributed by atoms with van der Waals surface area (Å²) >= 11 is 0. The maximum atomic E-state index is 13.8. The van der Waals surface area contributed by atoms with Gasteiger partial charge in [-0.15, -0.1) is 0 Å². The van der Waals surface area contributed by atoms with Gasteiger partial charge in [-0.3, -0.25) is 24.1 Å². The van der Waals surface area contributed by atoms with Crippen molar-refractivity contribution in [1.82, 2.24) is 9.80 Å². The molecule has 2 fully saturated rings. The van der Waals surface area contributed by atoms with Crippen LogP contribution in [0.25, 0.3) is 0 Å². The van der Waals surface area contributed by atoms with Gasteiger partial charge < -0.3 is 19.3 Å². The Hall–Kier alpha value is -4.14. The first-order valence-electron chi connectivity index (χ1n) is 12.7. The molecule has 9 nitrogen and oxygen atoms in total. The van der Waals surface area contributed by atoms with Crippen LogP contribution in [-0.2, 0) is 24.6 Å². The number of methoxy groups -OCH3 is 2. The van der Waals surface area contributed by atoms with Gasteiger partial charge in [0.1, 0.15) is 24.1 Å². The highest BCUT2D eigenvalue weighted by molar-refractivity contribution is 6.40. The number of benzene rings is 2. The number of piperidine rings is 1. The fourth-order valence-electron chi connectivity index (χ4n) is 5.56. The molecule has 2 aromatic carbocycles. The molecule has 2 aromatic rings. The smallest absolute Gasteiger partial charge is 0.292 e. The SMILES string of the molecule is C.COc1cc(OC)cc(N2C=C3C4CCCC(C(=O)N3CC2=O)N4C(=O)C(=O)C(C)(C)c2ccccc2)c1. The summed E-state index contributed by atoms with van der Waals surface area (Å²) in [6.07, 6.45) is 3.37. The van der Waals surface area contributed by atoms with Gasteiger partial charge in [0.05, 0.1) is 37.1 Å². The van der Waals surface area contributed by atoms with Crippen molar-refractivity contribution in [3.05, 3.63) is 66.0 Å². The maximum absolute atomic E-state index is 13.8. The van der Waals surface area contributed by atoms with Gasteiger partial charge in [-0.25, -0.2) is 0 Å². The predicted octanol–water partition coefficient (Wildman–Crippen LogP) is 3.67. The van der Waals surface area contributed by atoms with Crippen LogP contribution < -0.4 is 14.4 Å². The van der Waals surface area contributed by atoms with E-state index in [2.05, 4.69) is 0 Å². The average Bonchev–Trinajstić information content (AvgIpc) is 2.94. The number of Topliss-reactive ketones (excluding diaryl/α,β-unsaturated/α-hetero) is 1. The Morgan fingerprint density at radius 2 is 1.54 bits per heavy atom. The van der Waals surface area contributed by atoms with Crippen LogP contribution >= 0.6 is 0 Å². The zero-order chi connectivity index (χ0) is 27.2. The second kappa shape index (κ2) is 10.6. The number of fused-ring (bicyclic) bond motifs is 4. The van der Waals surface area contributed by atoms with Gasteiger partial charge in [-0.1, -0.05) is 37.8 Å². The fraction of sp³-hybridized carbons (Fsp3) is 0.400. The third kappa shape index (κ3) is 4.66. The van der Waals surface area contributed by atoms with E-state index < -0.39 is 29.2 Å². The minimum Gasteiger partial charge on any atom is -0.497 e. The molecule has 2 saturated heterocycles. The highest BCUT2D eigenvalue weighted by Crippen LogP contribution is 2.40. The molecule has 0 N–H and O–H groups in total. The monoisotopic (exact) mass is 533 g/mol. The highest BCUT2D eigenvalue weighted by atomic mass is 16.5. The number of piperazine rings is 1. The average molecular weight is 534 g/mol. The summed E-state index contributed by atoms with van der Waals surface area (Å²) in [5.41, 5.74) is 0.718. The first kappa shape index (κ1) is 27.9. The van der Waals surface area contributed by atoms with E-state index in [0.29, 0.717) is 35.7 Å². The maximum Gasteiger partial charge on any atom is 0.292 e. The first-order valence-corrected chi connectivity index (χ1v) is 12.7. The topological polar surface area (TPSA) is 96.5 Å². The number of carbonyl (C=O) groups excluding carboxylic acids is 4. The molecule has 3 amide bonds. The molecule has 9 heteroatoms. The quantitative estimate of drug-likeness (QED) is 0.526. The minimum atomic E-state index is -1.06. The molecule has 2 atom stereocenters. The summed E-state index contributed by atoms with van der Waals surface area (Å²) in [7, 11) is 3.05. The van der Waals surface area contributed by atoms with Gasteiger partial charge in [0.2, 0.25) is 11.7 Å². The van der Waals surface area contributed by atoms with Crippen molar-refractivity contribution in [2.24, 2.45) is 0 Å². The van der Waals surface area contributed by atoms with Gasteiger partial charge in [0, 0.05) is 24.4 Å². The molecule has 2 unspecified atom stereocenters. The summed E-state index contributed by atoms with van der Waals surface area (Å²) < 4.78 is 10.7. The number of hydrogen-bond acceptors (Lipinski definition) is 6. The van der Waals surface area contributed by atoms with Gasteiger partial charge in [-0.05, 0) is 38.7 Å². The Morgan fingerprint density at radius 3 is 2.15 bits per heavy atom. The molecule has 5 rings (SSSR count). The minimum absolute atomic E-state index is 0. The van der Waals surface area contributed by atoms with E-state index in [4.69, 9.17) is 9.47 Å². The lowest BCUT2D eigenvalue weighted by Gasteiger charge is -2.52. The number of rotatable bonds is 6. The molecule has 3 aliphatic heterocycles. The zero-order valence-corrected chi connectivity index (χ0v) is 22.0. The second-order valence-electron chi connectivity index (χ2n) is 10.3. The van der Waals surface area contributed by atoms with Crippen LogP contribution in [0.5, 0.6) is 11.5 Å². The number of ketones is 1. The van der Waals surface area contributed by atoms with Crippen LogP contribution in [0.2, 0.25) is 0 Å². The Morgan fingerprint density at radius 1 is 0.923 bits per heavy atom. The molecule has 2 bridgehead atoms. The summed E-state index contributed by atoms with van der Waals surface area (Å²) in [5, 5.41) is 0. The summed E-state index contributed by atoms with van der Waals surface area (Å²) in [4.78, 5) is 58.6. The third-order valence-corrected chi connectivity index (χ3v) is 7.76. The van der Waals surface area contributed by atoms with E-state index in [1.54, 1.807) is 38.2 Å². The van der Waals surface area contributed by atoms with Crippen LogP contribution in [0, 0.1) is 0 Å². The van der Waals surface area contributed by atoms with Gasteiger partial charge in [0.25, 0.3) is 11.8 Å². The van der Waals surface area contributed by atoms with E-state index in [1.165, 1.54) is 28.9 Å². The molecule has 0 spiro atoms. The Bertz CT molecular complexity index is 1310. The number of hydrogen-bond donors (Lipinski definition) is 0. The molecule has 206 valence electrons. The lowest BCUT2D eigenvalue weighted by atomic mass is 9.78. The number of anilines is 1. The van der Waals surface area contributed by atoms with Crippen LogP contribution in [0.15, 0.2) is 60.4 Å². The van der Waals surface area contributed by atoms with Crippen LogP contribution in [0.1, 0.15) is 46.1 Å². The number of ether oxygens (including phenoxy) is 2. The largest absolute Gasteiger partial charge is 0.497 e. The van der Waals surface area contributed by atoms with Gasteiger partial charge >= 0.3 is 0 Å². The lowest BCUT2D eigenvalue weighted by Crippen LogP contribution is -2.68. The summed E-state index contributed by atoms with van der Waals surface area (Å²) in [6, 6.07) is 13.0. The van der Waals surface area contributed by atoms with Crippen LogP contribution in [0.3, 0.4) is 0 Å². The Kier molecular flexibility index (Phi) is 7.54. The molecular formula is C30H35N3O6. The van der Waals surface area contributed by atoms with Gasteiger partial charge in [0.15, 0.2) is 0 Å². The molecule has 3 aliphatic rings. The molecule has 39 heavy (non-hydrogen) atoms. The fourth-order valence-corrected chi connectivity index (χ4v) is 5.56. The number of amides is 3. The highest BCUT2D eigenvalue weighted by Gasteiger charge is 2.53. The van der Waals surface area contributed by atoms with E-state index in [9.17, 15) is 19.2 Å². The van der Waals surface area contributed by atoms with E-state index in [1.807, 2.05) is 30.3 Å². The Labute approximate surface area is 229 Å². The summed E-state index contributed by atoms with van der Waals surface area (Å²) in [6.45, 7) is 3.31. The van der Waals surface area contributed by atoms with Gasteiger partial charge in [-0.2, -0.15) is 0 Å². The lowest BCUT2D eigenvalue weighted by molar-refractivity contribution is -0.161.